The minimum atomic E-state index is -3.89. The maximum absolute atomic E-state index is 13.0. The Hall–Kier alpha value is -2.54. The molecule has 2 aromatic rings. The first-order valence-electron chi connectivity index (χ1n) is 7.01. The van der Waals surface area contributed by atoms with Gasteiger partial charge in [0, 0.05) is 6.42 Å². The summed E-state index contributed by atoms with van der Waals surface area (Å²) in [7, 11) is -2.39. The number of nitrogens with two attached hydrogens (primary N) is 1. The first kappa shape index (κ1) is 15.4. The van der Waals surface area contributed by atoms with E-state index in [4.69, 9.17) is 10.5 Å². The quantitative estimate of drug-likeness (QED) is 0.914. The smallest absolute Gasteiger partial charge is 0.265 e. The number of nitrogens with zero attached hydrogens (tertiary/aromatic N) is 1. The fraction of sp³-hybridized carbons (Fsp3) is 0.188. The number of fused-ring (bicyclic) bond motifs is 1. The Morgan fingerprint density at radius 2 is 1.83 bits per heavy atom. The number of carbonyl (C=O) groups excluding carboxylic acids is 1. The van der Waals surface area contributed by atoms with Crippen LogP contribution < -0.4 is 14.8 Å². The van der Waals surface area contributed by atoms with Crippen molar-refractivity contribution in [3.05, 3.63) is 54.1 Å². The fourth-order valence-corrected chi connectivity index (χ4v) is 4.39. The summed E-state index contributed by atoms with van der Waals surface area (Å²) in [5.41, 5.74) is 6.70. The lowest BCUT2D eigenvalue weighted by molar-refractivity contribution is -0.118. The summed E-state index contributed by atoms with van der Waals surface area (Å²) in [5, 5.41) is 0. The molecule has 0 aromatic heterocycles. The van der Waals surface area contributed by atoms with Gasteiger partial charge in [-0.25, -0.2) is 8.42 Å². The molecule has 0 spiro atoms. The molecule has 23 heavy (non-hydrogen) atoms. The summed E-state index contributed by atoms with van der Waals surface area (Å²) in [5.74, 6) is -0.115. The Balaban J connectivity index is 2.10. The van der Waals surface area contributed by atoms with Gasteiger partial charge in [-0.1, -0.05) is 18.2 Å². The molecular formula is C16H16N2O4S. The van der Waals surface area contributed by atoms with Crippen LogP contribution in [0.1, 0.15) is 5.56 Å². The lowest BCUT2D eigenvalue weighted by atomic mass is 10.1. The standard InChI is InChI=1S/C16H16N2O4S/c1-22-12-6-8-13(9-7-12)23(20,21)18-14-5-3-2-4-11(14)10-15(18)16(17)19/h2-9,15H,10H2,1H3,(H2,17,19)/t15-/m0/s1. The van der Waals surface area contributed by atoms with Gasteiger partial charge in [-0.3, -0.25) is 9.10 Å². The fourth-order valence-electron chi connectivity index (χ4n) is 2.73. The SMILES string of the molecule is COc1ccc(S(=O)(=O)N2c3ccccc3C[C@H]2C(N)=O)cc1. The monoisotopic (exact) mass is 332 g/mol. The van der Waals surface area contributed by atoms with Gasteiger partial charge in [0.2, 0.25) is 5.91 Å². The third kappa shape index (κ3) is 2.53. The average molecular weight is 332 g/mol. The molecule has 120 valence electrons. The summed E-state index contributed by atoms with van der Waals surface area (Å²) in [6.45, 7) is 0. The molecule has 0 saturated carbocycles. The number of ether oxygens (including phenoxy) is 1. The molecule has 0 fully saturated rings. The van der Waals surface area contributed by atoms with Crippen molar-refractivity contribution >= 4 is 21.6 Å². The van der Waals surface area contributed by atoms with Crippen LogP contribution in [-0.4, -0.2) is 27.5 Å². The van der Waals surface area contributed by atoms with Gasteiger partial charge in [-0.05, 0) is 35.9 Å². The van der Waals surface area contributed by atoms with Crippen LogP contribution in [0.3, 0.4) is 0 Å². The third-order valence-corrected chi connectivity index (χ3v) is 5.71. The Morgan fingerprint density at radius 1 is 1.17 bits per heavy atom. The normalized spacial score (nSPS) is 16.9. The van der Waals surface area contributed by atoms with Gasteiger partial charge in [-0.15, -0.1) is 0 Å². The Morgan fingerprint density at radius 3 is 2.43 bits per heavy atom. The first-order valence-corrected chi connectivity index (χ1v) is 8.45. The second-order valence-corrected chi connectivity index (χ2v) is 7.04. The Kier molecular flexibility index (Phi) is 3.73. The summed E-state index contributed by atoms with van der Waals surface area (Å²) < 4.78 is 32.1. The van der Waals surface area contributed by atoms with Crippen molar-refractivity contribution in [3.8, 4) is 5.75 Å². The average Bonchev–Trinajstić information content (AvgIpc) is 2.95. The van der Waals surface area contributed by atoms with E-state index in [9.17, 15) is 13.2 Å². The molecule has 1 atom stereocenters. The number of benzene rings is 2. The molecule has 6 nitrogen and oxygen atoms in total. The van der Waals surface area contributed by atoms with E-state index in [-0.39, 0.29) is 11.3 Å². The molecule has 0 bridgehead atoms. The van der Waals surface area contributed by atoms with Crippen molar-refractivity contribution < 1.29 is 17.9 Å². The predicted molar refractivity (Wildman–Crippen MR) is 85.8 cm³/mol. The highest BCUT2D eigenvalue weighted by Crippen LogP contribution is 2.36. The van der Waals surface area contributed by atoms with Gasteiger partial charge in [0.1, 0.15) is 11.8 Å². The van der Waals surface area contributed by atoms with Crippen LogP contribution in [-0.2, 0) is 21.2 Å². The number of anilines is 1. The molecule has 1 amide bonds. The maximum Gasteiger partial charge on any atom is 0.265 e. The van der Waals surface area contributed by atoms with Crippen LogP contribution in [0.4, 0.5) is 5.69 Å². The van der Waals surface area contributed by atoms with Crippen LogP contribution in [0.25, 0.3) is 0 Å². The molecule has 1 aliphatic rings. The van der Waals surface area contributed by atoms with Gasteiger partial charge in [-0.2, -0.15) is 0 Å². The van der Waals surface area contributed by atoms with Crippen molar-refractivity contribution in [3.63, 3.8) is 0 Å². The van der Waals surface area contributed by atoms with Gasteiger partial charge >= 0.3 is 0 Å². The predicted octanol–water partition coefficient (Wildman–Crippen LogP) is 1.30. The number of sulfonamides is 1. The zero-order valence-electron chi connectivity index (χ0n) is 12.5. The zero-order chi connectivity index (χ0) is 16.6. The number of rotatable bonds is 4. The molecule has 1 aliphatic heterocycles. The molecule has 0 aliphatic carbocycles. The number of para-hydroxylation sites is 1. The molecule has 0 saturated heterocycles. The molecule has 3 rings (SSSR count). The van der Waals surface area contributed by atoms with E-state index < -0.39 is 22.0 Å². The zero-order valence-corrected chi connectivity index (χ0v) is 13.3. The highest BCUT2D eigenvalue weighted by atomic mass is 32.2. The lowest BCUT2D eigenvalue weighted by Gasteiger charge is -2.25. The van der Waals surface area contributed by atoms with Crippen molar-refractivity contribution in [2.45, 2.75) is 17.4 Å². The Bertz CT molecular complexity index is 847. The molecule has 2 N–H and O–H groups in total. The van der Waals surface area contributed by atoms with E-state index in [1.807, 2.05) is 0 Å². The number of amides is 1. The maximum atomic E-state index is 13.0. The molecule has 7 heteroatoms. The van der Waals surface area contributed by atoms with E-state index in [2.05, 4.69) is 0 Å². The number of primary amides is 1. The molecule has 2 aromatic carbocycles. The summed E-state index contributed by atoms with van der Waals surface area (Å²) >= 11 is 0. The second-order valence-electron chi connectivity index (χ2n) is 5.23. The summed E-state index contributed by atoms with van der Waals surface area (Å²) in [6.07, 6.45) is 0.279. The van der Waals surface area contributed by atoms with Gasteiger partial charge in [0.05, 0.1) is 17.7 Å². The molecule has 1 heterocycles. The van der Waals surface area contributed by atoms with Crippen molar-refractivity contribution in [2.75, 3.05) is 11.4 Å². The van der Waals surface area contributed by atoms with Gasteiger partial charge < -0.3 is 10.5 Å². The number of hydrogen-bond donors (Lipinski definition) is 1. The largest absolute Gasteiger partial charge is 0.497 e. The van der Waals surface area contributed by atoms with Gasteiger partial charge in [0.15, 0.2) is 0 Å². The Labute approximate surface area is 134 Å². The summed E-state index contributed by atoms with van der Waals surface area (Å²) in [4.78, 5) is 11.8. The minimum Gasteiger partial charge on any atom is -0.497 e. The highest BCUT2D eigenvalue weighted by Gasteiger charge is 2.41. The van der Waals surface area contributed by atoms with Crippen molar-refractivity contribution in [1.82, 2.24) is 0 Å². The topological polar surface area (TPSA) is 89.7 Å². The second kappa shape index (κ2) is 5.58. The number of hydrogen-bond acceptors (Lipinski definition) is 4. The minimum absolute atomic E-state index is 0.0845. The number of carbonyl (C=O) groups is 1. The van der Waals surface area contributed by atoms with Gasteiger partial charge in [0.25, 0.3) is 10.0 Å². The van der Waals surface area contributed by atoms with Crippen LogP contribution >= 0.6 is 0 Å². The summed E-state index contributed by atoms with van der Waals surface area (Å²) in [6, 6.07) is 12.1. The molecule has 0 unspecified atom stereocenters. The number of methoxy groups -OCH3 is 1. The van der Waals surface area contributed by atoms with E-state index in [0.29, 0.717) is 11.4 Å². The molecule has 0 radical (unpaired) electrons. The van der Waals surface area contributed by atoms with Crippen molar-refractivity contribution in [2.24, 2.45) is 5.73 Å². The molecular weight excluding hydrogens is 316 g/mol. The van der Waals surface area contributed by atoms with Crippen molar-refractivity contribution in [1.29, 1.82) is 0 Å². The van der Waals surface area contributed by atoms with Crippen LogP contribution in [0.2, 0.25) is 0 Å². The van der Waals surface area contributed by atoms with E-state index in [0.717, 1.165) is 9.87 Å². The van der Waals surface area contributed by atoms with E-state index in [1.54, 1.807) is 36.4 Å². The van der Waals surface area contributed by atoms with Crippen LogP contribution in [0, 0.1) is 0 Å². The first-order chi connectivity index (χ1) is 10.9. The third-order valence-electron chi connectivity index (χ3n) is 3.87. The van der Waals surface area contributed by atoms with Crippen LogP contribution in [0.15, 0.2) is 53.4 Å². The van der Waals surface area contributed by atoms with E-state index >= 15 is 0 Å². The van der Waals surface area contributed by atoms with Crippen LogP contribution in [0.5, 0.6) is 5.75 Å². The highest BCUT2D eigenvalue weighted by molar-refractivity contribution is 7.93. The van der Waals surface area contributed by atoms with E-state index in [1.165, 1.54) is 19.2 Å². The lowest BCUT2D eigenvalue weighted by Crippen LogP contribution is -2.45.